The summed E-state index contributed by atoms with van der Waals surface area (Å²) in [4.78, 5) is 2.35. The van der Waals surface area contributed by atoms with E-state index in [-0.39, 0.29) is 0 Å². The van der Waals surface area contributed by atoms with E-state index < -0.39 is 5.41 Å². The van der Waals surface area contributed by atoms with Crippen LogP contribution in [0.1, 0.15) is 44.5 Å². The molecular weight excluding hydrogens is 883 g/mol. The Morgan fingerprint density at radius 1 is 0.288 bits per heavy atom. The highest BCUT2D eigenvalue weighted by Gasteiger charge is 2.46. The number of aryl methyl sites for hydroxylation is 4. The van der Waals surface area contributed by atoms with Crippen LogP contribution in [0.4, 0.5) is 17.1 Å². The SMILES string of the molecule is Cc1cc2c(cc1C)C(c1ccccc1)(c1ccc(-c3cccc4c3oc3c(-c5ccc(N(c6ccccc6)c6ccc(-c7ccccc7)cc6)cc5-c5ccccc5)cccc34)cc1)c1cc(C)c(C)cc1-2. The Morgan fingerprint density at radius 3 is 1.33 bits per heavy atom. The van der Waals surface area contributed by atoms with Crippen molar-refractivity contribution >= 4 is 39.0 Å². The largest absolute Gasteiger partial charge is 0.455 e. The Morgan fingerprint density at radius 2 is 0.726 bits per heavy atom. The Labute approximate surface area is 428 Å². The van der Waals surface area contributed by atoms with Gasteiger partial charge in [0, 0.05) is 39.0 Å². The lowest BCUT2D eigenvalue weighted by Crippen LogP contribution is -2.28. The molecule has 0 amide bonds. The van der Waals surface area contributed by atoms with Crippen molar-refractivity contribution in [1.82, 2.24) is 0 Å². The molecule has 0 atom stereocenters. The first-order valence-electron chi connectivity index (χ1n) is 25.4. The highest BCUT2D eigenvalue weighted by atomic mass is 16.3. The molecule has 0 spiro atoms. The quantitative estimate of drug-likeness (QED) is 0.143. The summed E-state index contributed by atoms with van der Waals surface area (Å²) in [7, 11) is 0. The van der Waals surface area contributed by atoms with Gasteiger partial charge in [0.2, 0.25) is 0 Å². The van der Waals surface area contributed by atoms with E-state index in [0.29, 0.717) is 0 Å². The second kappa shape index (κ2) is 17.7. The van der Waals surface area contributed by atoms with E-state index in [4.69, 9.17) is 4.42 Å². The first kappa shape index (κ1) is 44.0. The number of nitrogens with zero attached hydrogens (tertiary/aromatic N) is 1. The van der Waals surface area contributed by atoms with Gasteiger partial charge in [-0.3, -0.25) is 0 Å². The fourth-order valence-electron chi connectivity index (χ4n) is 11.7. The third kappa shape index (κ3) is 7.24. The summed E-state index contributed by atoms with van der Waals surface area (Å²) in [5.41, 5.74) is 26.6. The fourth-order valence-corrected chi connectivity index (χ4v) is 11.7. The summed E-state index contributed by atoms with van der Waals surface area (Å²) in [5.74, 6) is 0. The maximum absolute atomic E-state index is 7.23. The molecule has 0 unspecified atom stereocenters. The minimum atomic E-state index is -0.487. The van der Waals surface area contributed by atoms with Crippen LogP contribution in [0, 0.1) is 27.7 Å². The summed E-state index contributed by atoms with van der Waals surface area (Å²) in [5, 5.41) is 2.19. The number of para-hydroxylation sites is 3. The number of fused-ring (bicyclic) bond motifs is 6. The first-order valence-corrected chi connectivity index (χ1v) is 25.4. The molecule has 1 aliphatic rings. The Balaban J connectivity index is 0.941. The molecule has 0 saturated heterocycles. The minimum Gasteiger partial charge on any atom is -0.455 e. The van der Waals surface area contributed by atoms with Gasteiger partial charge in [-0.1, -0.05) is 212 Å². The zero-order chi connectivity index (χ0) is 49.2. The lowest BCUT2D eigenvalue weighted by molar-refractivity contribution is 0.671. The summed E-state index contributed by atoms with van der Waals surface area (Å²) in [6, 6.07) is 91.1. The van der Waals surface area contributed by atoms with E-state index >= 15 is 0 Å². The molecule has 12 aromatic rings. The van der Waals surface area contributed by atoms with Crippen molar-refractivity contribution in [2.75, 3.05) is 4.90 Å². The molecule has 0 radical (unpaired) electrons. The van der Waals surface area contributed by atoms with Gasteiger partial charge < -0.3 is 9.32 Å². The van der Waals surface area contributed by atoms with E-state index in [1.54, 1.807) is 0 Å². The molecule has 0 saturated carbocycles. The molecular formula is C71H53NO. The van der Waals surface area contributed by atoms with Gasteiger partial charge in [0.25, 0.3) is 0 Å². The predicted octanol–water partition coefficient (Wildman–Crippen LogP) is 19.3. The smallest absolute Gasteiger partial charge is 0.143 e. The molecule has 0 N–H and O–H groups in total. The molecule has 0 bridgehead atoms. The van der Waals surface area contributed by atoms with Crippen LogP contribution < -0.4 is 4.90 Å². The maximum Gasteiger partial charge on any atom is 0.143 e. The molecule has 2 heteroatoms. The van der Waals surface area contributed by atoms with Crippen molar-refractivity contribution in [3.63, 3.8) is 0 Å². The summed E-state index contributed by atoms with van der Waals surface area (Å²) in [6.45, 7) is 8.97. The van der Waals surface area contributed by atoms with Gasteiger partial charge >= 0.3 is 0 Å². The third-order valence-electron chi connectivity index (χ3n) is 15.6. The molecule has 1 aliphatic carbocycles. The summed E-state index contributed by atoms with van der Waals surface area (Å²) >= 11 is 0. The van der Waals surface area contributed by atoms with E-state index in [1.807, 2.05) is 0 Å². The van der Waals surface area contributed by atoms with E-state index in [1.165, 1.54) is 66.8 Å². The van der Waals surface area contributed by atoms with Crippen molar-refractivity contribution < 1.29 is 4.42 Å². The van der Waals surface area contributed by atoms with Crippen LogP contribution in [-0.4, -0.2) is 0 Å². The van der Waals surface area contributed by atoms with Crippen LogP contribution in [0.5, 0.6) is 0 Å². The minimum absolute atomic E-state index is 0.487. The van der Waals surface area contributed by atoms with Crippen LogP contribution in [0.2, 0.25) is 0 Å². The normalized spacial score (nSPS) is 12.5. The number of rotatable bonds is 9. The lowest BCUT2D eigenvalue weighted by atomic mass is 9.67. The summed E-state index contributed by atoms with van der Waals surface area (Å²) in [6.07, 6.45) is 0. The van der Waals surface area contributed by atoms with Crippen LogP contribution in [0.25, 0.3) is 77.6 Å². The second-order valence-corrected chi connectivity index (χ2v) is 19.8. The molecule has 2 nitrogen and oxygen atoms in total. The number of anilines is 3. The molecule has 11 aromatic carbocycles. The molecule has 348 valence electrons. The number of benzene rings is 11. The Kier molecular flexibility index (Phi) is 10.7. The van der Waals surface area contributed by atoms with Crippen molar-refractivity contribution in [1.29, 1.82) is 0 Å². The number of hydrogen-bond donors (Lipinski definition) is 0. The zero-order valence-electron chi connectivity index (χ0n) is 41.5. The van der Waals surface area contributed by atoms with Gasteiger partial charge in [0.1, 0.15) is 11.2 Å². The Hall–Kier alpha value is -8.98. The zero-order valence-corrected chi connectivity index (χ0v) is 41.5. The van der Waals surface area contributed by atoms with Gasteiger partial charge in [0.05, 0.1) is 5.41 Å². The van der Waals surface area contributed by atoms with Crippen LogP contribution >= 0.6 is 0 Å². The van der Waals surface area contributed by atoms with Crippen molar-refractivity contribution in [2.24, 2.45) is 0 Å². The fraction of sp³-hybridized carbons (Fsp3) is 0.0704. The molecule has 13 rings (SSSR count). The maximum atomic E-state index is 7.23. The van der Waals surface area contributed by atoms with Gasteiger partial charge in [-0.05, 0) is 153 Å². The number of hydrogen-bond acceptors (Lipinski definition) is 2. The van der Waals surface area contributed by atoms with E-state index in [0.717, 1.165) is 72.4 Å². The van der Waals surface area contributed by atoms with Gasteiger partial charge in [-0.25, -0.2) is 0 Å². The topological polar surface area (TPSA) is 16.4 Å². The predicted molar refractivity (Wildman–Crippen MR) is 306 cm³/mol. The van der Waals surface area contributed by atoms with Crippen LogP contribution in [-0.2, 0) is 5.41 Å². The molecule has 73 heavy (non-hydrogen) atoms. The molecule has 1 aromatic heterocycles. The lowest BCUT2D eigenvalue weighted by Gasteiger charge is -2.34. The molecule has 0 fully saturated rings. The average molecular weight is 936 g/mol. The van der Waals surface area contributed by atoms with Crippen molar-refractivity contribution in [3.8, 4) is 55.6 Å². The van der Waals surface area contributed by atoms with Crippen molar-refractivity contribution in [2.45, 2.75) is 33.1 Å². The number of furan rings is 1. The Bertz CT molecular complexity index is 3960. The van der Waals surface area contributed by atoms with E-state index in [9.17, 15) is 0 Å². The average Bonchev–Trinajstić information content (AvgIpc) is 3.96. The molecule has 1 heterocycles. The second-order valence-electron chi connectivity index (χ2n) is 19.8. The highest BCUT2D eigenvalue weighted by Crippen LogP contribution is 2.57. The first-order chi connectivity index (χ1) is 35.8. The van der Waals surface area contributed by atoms with Crippen LogP contribution in [0.15, 0.2) is 253 Å². The van der Waals surface area contributed by atoms with Gasteiger partial charge in [-0.15, -0.1) is 0 Å². The van der Waals surface area contributed by atoms with Gasteiger partial charge in [0.15, 0.2) is 0 Å². The molecule has 0 aliphatic heterocycles. The monoisotopic (exact) mass is 935 g/mol. The summed E-state index contributed by atoms with van der Waals surface area (Å²) < 4.78 is 7.23. The highest BCUT2D eigenvalue weighted by molar-refractivity contribution is 6.14. The van der Waals surface area contributed by atoms with Crippen LogP contribution in [0.3, 0.4) is 0 Å². The third-order valence-corrected chi connectivity index (χ3v) is 15.6. The van der Waals surface area contributed by atoms with Crippen molar-refractivity contribution in [3.05, 3.63) is 293 Å². The standard InChI is InChI=1S/C71H53NO/c1-46-41-65-66-42-47(2)49(4)44-68(66)71(67(65)43-48(46)3,54-23-13-7-14-24-54)55-35-31-53(32-36-55)59-27-17-29-62-63-30-18-28-61(70(63)73-69(59)62)60-40-39-58(45-64(60)52-21-11-6-12-22-52)72(56-25-15-8-16-26-56)57-37-33-51(34-38-57)50-19-9-5-10-20-50/h5-45H,1-4H3. The van der Waals surface area contributed by atoms with Gasteiger partial charge in [-0.2, -0.15) is 0 Å². The van der Waals surface area contributed by atoms with E-state index in [2.05, 4.69) is 281 Å².